The highest BCUT2D eigenvalue weighted by molar-refractivity contribution is 5.95. The van der Waals surface area contributed by atoms with Gasteiger partial charge in [0.05, 0.1) is 13.3 Å². The summed E-state index contributed by atoms with van der Waals surface area (Å²) in [5.74, 6) is 2.14. The minimum atomic E-state index is -0.0651. The van der Waals surface area contributed by atoms with E-state index in [1.54, 1.807) is 14.0 Å². The maximum atomic E-state index is 14.4. The average molecular weight is 597 g/mol. The summed E-state index contributed by atoms with van der Waals surface area (Å²) in [5.41, 5.74) is 5.00. The fraction of sp³-hybridized carbons (Fsp3) is 0.568. The van der Waals surface area contributed by atoms with Gasteiger partial charge in [-0.25, -0.2) is 4.98 Å². The number of ether oxygens (including phenoxy) is 1. The molecule has 1 amide bonds. The van der Waals surface area contributed by atoms with E-state index in [0.29, 0.717) is 6.54 Å². The number of hydrogen-bond acceptors (Lipinski definition) is 5. The van der Waals surface area contributed by atoms with E-state index >= 15 is 0 Å². The number of nitrogens with zero attached hydrogens (tertiary/aromatic N) is 4. The van der Waals surface area contributed by atoms with Gasteiger partial charge in [-0.3, -0.25) is 19.2 Å². The van der Waals surface area contributed by atoms with Crippen LogP contribution in [0.3, 0.4) is 0 Å². The number of Topliss-reactive ketones (excluding diaryl/α,β-unsaturated/α-hetero) is 1. The number of fused-ring (bicyclic) bond motifs is 3. The Morgan fingerprint density at radius 2 is 1.66 bits per heavy atom. The van der Waals surface area contributed by atoms with Crippen LogP contribution in [-0.4, -0.2) is 40.1 Å². The SMILES string of the molecule is COc1ccc(C23CCC(CN(C(=O)C4CCC(C(C)=O)CC4)c4cc(-c5cnn(C(C)C)c5)ccn4)(CC2)CC3)cc1C. The van der Waals surface area contributed by atoms with Crippen molar-refractivity contribution >= 4 is 17.5 Å². The van der Waals surface area contributed by atoms with E-state index in [2.05, 4.69) is 56.3 Å². The number of rotatable bonds is 9. The molecular weight excluding hydrogens is 548 g/mol. The van der Waals surface area contributed by atoms with Gasteiger partial charge in [0, 0.05) is 42.4 Å². The molecule has 44 heavy (non-hydrogen) atoms. The summed E-state index contributed by atoms with van der Waals surface area (Å²) in [6, 6.07) is 11.1. The van der Waals surface area contributed by atoms with Crippen LogP contribution >= 0.6 is 0 Å². The van der Waals surface area contributed by atoms with E-state index in [0.717, 1.165) is 86.9 Å². The molecule has 2 bridgehead atoms. The van der Waals surface area contributed by atoms with E-state index < -0.39 is 0 Å². The number of aromatic nitrogens is 3. The van der Waals surface area contributed by atoms with Gasteiger partial charge in [0.15, 0.2) is 0 Å². The maximum absolute atomic E-state index is 14.4. The lowest BCUT2D eigenvalue weighted by Gasteiger charge is -2.55. The summed E-state index contributed by atoms with van der Waals surface area (Å²) < 4.78 is 7.50. The van der Waals surface area contributed by atoms with Crippen molar-refractivity contribution in [2.45, 2.75) is 103 Å². The lowest BCUT2D eigenvalue weighted by molar-refractivity contribution is -0.127. The van der Waals surface area contributed by atoms with Gasteiger partial charge in [0.2, 0.25) is 5.91 Å². The molecule has 0 aliphatic heterocycles. The van der Waals surface area contributed by atoms with Crippen LogP contribution in [0.4, 0.5) is 5.82 Å². The van der Waals surface area contributed by atoms with Crippen molar-refractivity contribution in [2.24, 2.45) is 17.3 Å². The molecule has 0 unspecified atom stereocenters. The first kappa shape index (κ1) is 30.5. The van der Waals surface area contributed by atoms with Crippen molar-refractivity contribution < 1.29 is 14.3 Å². The molecule has 0 spiro atoms. The summed E-state index contributed by atoms with van der Waals surface area (Å²) in [6.45, 7) is 8.77. The molecule has 0 N–H and O–H groups in total. The first-order valence-corrected chi connectivity index (χ1v) is 16.6. The van der Waals surface area contributed by atoms with Gasteiger partial charge in [0.1, 0.15) is 17.4 Å². The first-order chi connectivity index (χ1) is 21.1. The van der Waals surface area contributed by atoms with Crippen molar-refractivity contribution in [1.29, 1.82) is 0 Å². The standard InChI is InChI=1S/C37H48N4O3/c1-25(2)41-23-31(22-39-41)30-12-19-38-34(21-30)40(35(43)29-8-6-28(7-9-29)27(4)42)24-36-13-16-37(17-14-36,18-15-36)32-10-11-33(44-5)26(3)20-32/h10-12,19-23,25,28-29H,6-9,13-18,24H2,1-5H3. The van der Waals surface area contributed by atoms with Gasteiger partial charge in [-0.05, 0) is 138 Å². The molecule has 7 heteroatoms. The van der Waals surface area contributed by atoms with Crippen LogP contribution in [0.1, 0.15) is 102 Å². The molecule has 4 saturated carbocycles. The summed E-state index contributed by atoms with van der Waals surface area (Å²) in [5, 5.41) is 4.55. The molecule has 3 aromatic rings. The van der Waals surface area contributed by atoms with E-state index in [9.17, 15) is 9.59 Å². The summed E-state index contributed by atoms with van der Waals surface area (Å²) in [6.07, 6.45) is 15.7. The predicted molar refractivity (Wildman–Crippen MR) is 174 cm³/mol. The largest absolute Gasteiger partial charge is 0.496 e. The quantitative estimate of drug-likeness (QED) is 0.251. The number of benzene rings is 1. The van der Waals surface area contributed by atoms with E-state index in [1.165, 1.54) is 11.1 Å². The van der Waals surface area contributed by atoms with Crippen molar-refractivity contribution in [2.75, 3.05) is 18.6 Å². The second-order valence-corrected chi connectivity index (χ2v) is 14.3. The molecule has 0 saturated heterocycles. The summed E-state index contributed by atoms with van der Waals surface area (Å²) in [7, 11) is 1.74. The van der Waals surface area contributed by atoms with Crippen LogP contribution in [-0.2, 0) is 15.0 Å². The summed E-state index contributed by atoms with van der Waals surface area (Å²) >= 11 is 0. The molecule has 0 atom stereocenters. The number of hydrogen-bond donors (Lipinski definition) is 0. The molecule has 7 nitrogen and oxygen atoms in total. The van der Waals surface area contributed by atoms with E-state index in [1.807, 2.05) is 28.0 Å². The number of amides is 1. The highest BCUT2D eigenvalue weighted by atomic mass is 16.5. The second-order valence-electron chi connectivity index (χ2n) is 14.3. The van der Waals surface area contributed by atoms with Gasteiger partial charge in [-0.2, -0.15) is 5.10 Å². The minimum absolute atomic E-state index is 0.0651. The fourth-order valence-electron chi connectivity index (χ4n) is 8.23. The van der Waals surface area contributed by atoms with Crippen LogP contribution in [0, 0.1) is 24.2 Å². The molecule has 0 radical (unpaired) electrons. The molecule has 7 rings (SSSR count). The van der Waals surface area contributed by atoms with Gasteiger partial charge in [-0.1, -0.05) is 12.1 Å². The van der Waals surface area contributed by atoms with Crippen molar-refractivity contribution in [3.8, 4) is 16.9 Å². The first-order valence-electron chi connectivity index (χ1n) is 16.6. The Labute approximate surface area is 262 Å². The fourth-order valence-corrected chi connectivity index (χ4v) is 8.23. The number of pyridine rings is 1. The highest BCUT2D eigenvalue weighted by Gasteiger charge is 2.51. The van der Waals surface area contributed by atoms with Gasteiger partial charge >= 0.3 is 0 Å². The number of methoxy groups -OCH3 is 1. The highest BCUT2D eigenvalue weighted by Crippen LogP contribution is 2.58. The average Bonchev–Trinajstić information content (AvgIpc) is 3.56. The third kappa shape index (κ3) is 5.82. The van der Waals surface area contributed by atoms with Crippen molar-refractivity contribution in [3.05, 3.63) is 60.0 Å². The van der Waals surface area contributed by atoms with Crippen LogP contribution in [0.5, 0.6) is 5.75 Å². The molecule has 4 fully saturated rings. The van der Waals surface area contributed by atoms with Crippen LogP contribution < -0.4 is 9.64 Å². The number of aryl methyl sites for hydroxylation is 1. The van der Waals surface area contributed by atoms with Crippen LogP contribution in [0.15, 0.2) is 48.9 Å². The predicted octanol–water partition coefficient (Wildman–Crippen LogP) is 7.86. The Kier molecular flexibility index (Phi) is 8.42. The Morgan fingerprint density at radius 3 is 2.25 bits per heavy atom. The lowest BCUT2D eigenvalue weighted by Crippen LogP contribution is -2.52. The smallest absolute Gasteiger partial charge is 0.231 e. The van der Waals surface area contributed by atoms with Crippen molar-refractivity contribution in [1.82, 2.24) is 14.8 Å². The Morgan fingerprint density at radius 1 is 0.977 bits per heavy atom. The summed E-state index contributed by atoms with van der Waals surface area (Å²) in [4.78, 5) is 33.3. The molecule has 4 aliphatic carbocycles. The topological polar surface area (TPSA) is 77.3 Å². The Bertz CT molecular complexity index is 1490. The lowest BCUT2D eigenvalue weighted by atomic mass is 9.51. The van der Waals surface area contributed by atoms with Gasteiger partial charge < -0.3 is 4.74 Å². The Balaban J connectivity index is 1.26. The van der Waals surface area contributed by atoms with Gasteiger partial charge in [-0.15, -0.1) is 0 Å². The maximum Gasteiger partial charge on any atom is 0.231 e. The zero-order chi connectivity index (χ0) is 31.1. The number of anilines is 1. The van der Waals surface area contributed by atoms with E-state index in [-0.39, 0.29) is 40.4 Å². The molecule has 2 aromatic heterocycles. The van der Waals surface area contributed by atoms with Crippen LogP contribution in [0.2, 0.25) is 0 Å². The number of ketones is 1. The third-order valence-electron chi connectivity index (χ3n) is 11.3. The second kappa shape index (κ2) is 12.1. The number of carbonyl (C=O) groups is 2. The van der Waals surface area contributed by atoms with E-state index in [4.69, 9.17) is 9.72 Å². The zero-order valence-electron chi connectivity index (χ0n) is 27.1. The normalized spacial score (nSPS) is 26.5. The number of carbonyl (C=O) groups excluding carboxylic acids is 2. The van der Waals surface area contributed by atoms with Crippen molar-refractivity contribution in [3.63, 3.8) is 0 Å². The molecule has 234 valence electrons. The molecular formula is C37H48N4O3. The zero-order valence-corrected chi connectivity index (χ0v) is 27.1. The third-order valence-corrected chi connectivity index (χ3v) is 11.3. The molecule has 4 aliphatic rings. The molecule has 1 aromatic carbocycles. The monoisotopic (exact) mass is 596 g/mol. The molecule has 2 heterocycles. The minimum Gasteiger partial charge on any atom is -0.496 e. The Hall–Kier alpha value is -3.48. The van der Waals surface area contributed by atoms with Gasteiger partial charge in [0.25, 0.3) is 0 Å². The van der Waals surface area contributed by atoms with Crippen LogP contribution in [0.25, 0.3) is 11.1 Å².